The number of nitrogens with one attached hydrogen (secondary N) is 3. The van der Waals surface area contributed by atoms with E-state index in [9.17, 15) is 14.4 Å². The number of piperazine rings is 1. The van der Waals surface area contributed by atoms with Gasteiger partial charge in [0.05, 0.1) is 33.0 Å². The molecule has 3 unspecified atom stereocenters. The molecule has 6 aromatic carbocycles. The van der Waals surface area contributed by atoms with Gasteiger partial charge in [0.15, 0.2) is 19.8 Å². The number of halogens is 3. The van der Waals surface area contributed by atoms with E-state index in [2.05, 4.69) is 77.1 Å². The fraction of sp³-hybridized carbons (Fsp3) is 0.420. The minimum absolute atomic E-state index is 0.0744. The van der Waals surface area contributed by atoms with Gasteiger partial charge in [-0.15, -0.1) is 17.8 Å². The molecule has 3 amide bonds. The van der Waals surface area contributed by atoms with Crippen molar-refractivity contribution in [1.29, 1.82) is 0 Å². The number of morpholine rings is 1. The lowest BCUT2D eigenvalue weighted by Crippen LogP contribution is -2.44. The van der Waals surface area contributed by atoms with Crippen LogP contribution in [0.4, 0.5) is 14.4 Å². The zero-order chi connectivity index (χ0) is 77.7. The number of carbonyl (C=O) groups excluding carboxylic acids is 3. The minimum Gasteiger partial charge on any atom is -0.494 e. The number of aromatic nitrogens is 3. The Morgan fingerprint density at radius 2 is 0.750 bits per heavy atom. The lowest BCUT2D eigenvalue weighted by Gasteiger charge is -2.35. The number of fused-ring (bicyclic) bond motifs is 9. The summed E-state index contributed by atoms with van der Waals surface area (Å²) in [4.78, 5) is 65.0. The van der Waals surface area contributed by atoms with E-state index in [0.717, 1.165) is 188 Å². The summed E-state index contributed by atoms with van der Waals surface area (Å²) in [5.41, 5.74) is 12.5. The Bertz CT molecular complexity index is 4660. The third-order valence-corrected chi connectivity index (χ3v) is 23.0. The van der Waals surface area contributed by atoms with Crippen molar-refractivity contribution in [1.82, 2.24) is 49.3 Å². The number of rotatable bonds is 21. The third kappa shape index (κ3) is 20.6. The van der Waals surface area contributed by atoms with Gasteiger partial charge in [-0.25, -0.2) is 14.4 Å². The average Bonchev–Trinajstić information content (AvgIpc) is 1.60. The van der Waals surface area contributed by atoms with Gasteiger partial charge in [-0.2, -0.15) is 11.8 Å². The normalized spacial score (nSPS) is 17.8. The van der Waals surface area contributed by atoms with Crippen molar-refractivity contribution in [3.63, 3.8) is 0 Å². The molecule has 0 radical (unpaired) electrons. The lowest BCUT2D eigenvalue weighted by molar-refractivity contribution is 0.0358. The minimum atomic E-state index is -0.376. The van der Waals surface area contributed by atoms with Crippen LogP contribution in [-0.4, -0.2) is 231 Å². The molecule has 15 rings (SSSR count). The molecule has 3 N–H and O–H groups in total. The van der Waals surface area contributed by atoms with E-state index in [-0.39, 0.29) is 56.2 Å². The fourth-order valence-corrected chi connectivity index (χ4v) is 17.1. The van der Waals surface area contributed by atoms with Crippen molar-refractivity contribution in [2.45, 2.75) is 77.4 Å². The number of hydrogen-bond acceptors (Lipinski definition) is 15. The standard InChI is InChI=1S/C30H35ClN4O3.C29H32ClN3O4.C29H32ClN3O3S/c1-3-4-19-38-30(36)35-14-12-25-26-21-23(31)8-11-27(26)32-28(25)29(35)22-6-9-24(10-7-22)37-20-5-13-34-17-15-33(2)16-18-34;1-2-3-16-37-29(34)33-13-11-24-25-20-22(30)7-10-26(25)31-27(24)28(33)21-5-8-23(9-6-21)36-17-4-12-32-14-18-35-19-15-32;1-2-3-16-36-29(34)33-13-11-24-25-20-22(30)7-10-26(25)31-27(24)28(33)21-5-8-23(9-6-21)35-17-4-12-32-14-18-37-19-15-32/h6-11,21,29,32H,5,12-20H2,1-2H3;2*5-10,20,28,31H,4,11-19H2,1H3. The summed E-state index contributed by atoms with van der Waals surface area (Å²) in [6.45, 7) is 22.7. The Morgan fingerprint density at radius 1 is 0.429 bits per heavy atom. The van der Waals surface area contributed by atoms with Gasteiger partial charge in [-0.3, -0.25) is 19.6 Å². The highest BCUT2D eigenvalue weighted by molar-refractivity contribution is 7.99. The van der Waals surface area contributed by atoms with Crippen LogP contribution in [0, 0.1) is 35.5 Å². The summed E-state index contributed by atoms with van der Waals surface area (Å²) in [6, 6.07) is 40.8. The smallest absolute Gasteiger partial charge is 0.411 e. The number of thioether (sulfide) groups is 1. The van der Waals surface area contributed by atoms with E-state index < -0.39 is 0 Å². The second kappa shape index (κ2) is 40.0. The Morgan fingerprint density at radius 3 is 1.08 bits per heavy atom. The van der Waals surface area contributed by atoms with Crippen LogP contribution in [0.3, 0.4) is 0 Å². The molecule has 0 aliphatic carbocycles. The molecule has 3 aromatic heterocycles. The first-order valence-electron chi connectivity index (χ1n) is 38.9. The molecule has 24 heteroatoms. The second-order valence-electron chi connectivity index (χ2n) is 28.5. The molecule has 112 heavy (non-hydrogen) atoms. The third-order valence-electron chi connectivity index (χ3n) is 21.4. The highest BCUT2D eigenvalue weighted by Crippen LogP contribution is 2.44. The summed E-state index contributed by atoms with van der Waals surface area (Å²) >= 11 is 21.0. The lowest BCUT2D eigenvalue weighted by atomic mass is 9.92. The van der Waals surface area contributed by atoms with Crippen LogP contribution < -0.4 is 14.2 Å². The molecule has 588 valence electrons. The number of benzene rings is 6. The maximum Gasteiger partial charge on any atom is 0.411 e. The number of likely N-dealkylation sites (N-methyl/N-ethyl adjacent to an activating group) is 1. The number of aromatic amines is 3. The average molecular weight is 1600 g/mol. The summed E-state index contributed by atoms with van der Waals surface area (Å²) in [5.74, 6) is 21.7. The highest BCUT2D eigenvalue weighted by Gasteiger charge is 2.39. The second-order valence-corrected chi connectivity index (χ2v) is 31.0. The van der Waals surface area contributed by atoms with E-state index in [4.69, 9.17) is 68.0 Å². The molecule has 9 heterocycles. The van der Waals surface area contributed by atoms with Crippen LogP contribution >= 0.6 is 46.6 Å². The fourth-order valence-electron chi connectivity index (χ4n) is 15.6. The summed E-state index contributed by atoms with van der Waals surface area (Å²) < 4.78 is 39.9. The van der Waals surface area contributed by atoms with Gasteiger partial charge in [0.25, 0.3) is 0 Å². The number of hydrogen-bond donors (Lipinski definition) is 3. The van der Waals surface area contributed by atoms with Crippen molar-refractivity contribution in [3.8, 4) is 52.8 Å². The first-order chi connectivity index (χ1) is 54.8. The van der Waals surface area contributed by atoms with Gasteiger partial charge in [-0.1, -0.05) is 89.0 Å². The highest BCUT2D eigenvalue weighted by atomic mass is 35.5. The number of ether oxygens (including phenoxy) is 7. The number of carbonyl (C=O) groups is 3. The maximum absolute atomic E-state index is 13.1. The molecule has 3 atom stereocenters. The van der Waals surface area contributed by atoms with E-state index in [0.29, 0.717) is 60.9 Å². The molecular formula is C88H99Cl3N10O10S. The molecule has 0 bridgehead atoms. The Labute approximate surface area is 676 Å². The van der Waals surface area contributed by atoms with Crippen molar-refractivity contribution in [3.05, 3.63) is 193 Å². The Balaban J connectivity index is 0.000000147. The molecule has 3 saturated heterocycles. The topological polar surface area (TPSA) is 186 Å². The maximum atomic E-state index is 13.1. The van der Waals surface area contributed by atoms with E-state index in [1.807, 2.05) is 139 Å². The van der Waals surface area contributed by atoms with Crippen molar-refractivity contribution in [2.75, 3.05) is 163 Å². The molecule has 0 saturated carbocycles. The van der Waals surface area contributed by atoms with Crippen LogP contribution in [-0.2, 0) is 38.2 Å². The van der Waals surface area contributed by atoms with Crippen molar-refractivity contribution >= 4 is 97.6 Å². The first kappa shape index (κ1) is 80.9. The van der Waals surface area contributed by atoms with Crippen LogP contribution in [0.2, 0.25) is 15.1 Å². The summed E-state index contributed by atoms with van der Waals surface area (Å²) in [7, 11) is 2.18. The van der Waals surface area contributed by atoms with Crippen LogP contribution in [0.5, 0.6) is 17.2 Å². The number of nitrogens with zero attached hydrogens (tertiary/aromatic N) is 7. The Kier molecular flexibility index (Phi) is 28.9. The largest absolute Gasteiger partial charge is 0.494 e. The van der Waals surface area contributed by atoms with E-state index in [1.165, 1.54) is 41.3 Å². The van der Waals surface area contributed by atoms with Gasteiger partial charge in [-0.05, 0) is 191 Å². The van der Waals surface area contributed by atoms with Crippen LogP contribution in [0.25, 0.3) is 32.7 Å². The van der Waals surface area contributed by atoms with Gasteiger partial charge in [0.1, 0.15) is 35.4 Å². The van der Waals surface area contributed by atoms with Gasteiger partial charge in [0.2, 0.25) is 0 Å². The van der Waals surface area contributed by atoms with Crippen molar-refractivity contribution in [2.24, 2.45) is 0 Å². The molecule has 6 aliphatic heterocycles. The SMILES string of the molecule is CC#CCOC(=O)N1CCc2c([nH]c3ccc(Cl)cc23)C1c1ccc(OCCCN2CCN(C)CC2)cc1.CC#CCOC(=O)N1CCc2c([nH]c3ccc(Cl)cc23)C1c1ccc(OCCCN2CCOCC2)cc1.CC#CCOC(=O)N1CCc2c([nH]c3ccc(Cl)cc23)C1c1ccc(OCCCN2CCSCC2)cc1. The monoisotopic (exact) mass is 1590 g/mol. The molecule has 20 nitrogen and oxygen atoms in total. The molecule has 0 spiro atoms. The zero-order valence-electron chi connectivity index (χ0n) is 64.3. The van der Waals surface area contributed by atoms with Crippen LogP contribution in [0.1, 0.15) is 109 Å². The van der Waals surface area contributed by atoms with E-state index in [1.54, 1.807) is 35.5 Å². The molecule has 3 fully saturated rings. The summed E-state index contributed by atoms with van der Waals surface area (Å²) in [6.07, 6.45) is 4.00. The number of H-pyrrole nitrogens is 3. The van der Waals surface area contributed by atoms with Crippen molar-refractivity contribution < 1.29 is 47.5 Å². The number of amides is 3. The van der Waals surface area contributed by atoms with Crippen LogP contribution in [0.15, 0.2) is 127 Å². The summed E-state index contributed by atoms with van der Waals surface area (Å²) in [5, 5.41) is 5.39. The van der Waals surface area contributed by atoms with Gasteiger partial charge < -0.3 is 62.8 Å². The quantitative estimate of drug-likeness (QED) is 0.0350. The molecule has 9 aromatic rings. The Hall–Kier alpha value is -9.15. The van der Waals surface area contributed by atoms with Gasteiger partial charge in [0, 0.05) is 168 Å². The predicted molar refractivity (Wildman–Crippen MR) is 446 cm³/mol. The van der Waals surface area contributed by atoms with Gasteiger partial charge >= 0.3 is 18.3 Å². The molecular weight excluding hydrogens is 1500 g/mol. The predicted octanol–water partition coefficient (Wildman–Crippen LogP) is 15.7. The first-order valence-corrected chi connectivity index (χ1v) is 41.2. The molecule has 6 aliphatic rings. The zero-order valence-corrected chi connectivity index (χ0v) is 67.4. The van der Waals surface area contributed by atoms with E-state index >= 15 is 0 Å².